The second-order valence-corrected chi connectivity index (χ2v) is 7.39. The standard InChI is InChI=1S/C14H19ClN2O2S/c1-4-20(18,19)16-8-7-11-10(3)17-14-9(2)5-6-12(15)13(11)14/h5-6,16-17H,4,7-8H2,1-3H3. The zero-order valence-corrected chi connectivity index (χ0v) is 13.5. The van der Waals surface area contributed by atoms with Crippen molar-refractivity contribution < 1.29 is 8.42 Å². The zero-order valence-electron chi connectivity index (χ0n) is 11.9. The Morgan fingerprint density at radius 2 is 2.00 bits per heavy atom. The smallest absolute Gasteiger partial charge is 0.211 e. The summed E-state index contributed by atoms with van der Waals surface area (Å²) in [6.45, 7) is 6.02. The van der Waals surface area contributed by atoms with Gasteiger partial charge in [0, 0.05) is 17.6 Å². The lowest BCUT2D eigenvalue weighted by atomic mass is 10.1. The molecule has 4 nitrogen and oxygen atoms in total. The van der Waals surface area contributed by atoms with E-state index >= 15 is 0 Å². The molecule has 0 aliphatic carbocycles. The molecule has 0 fully saturated rings. The van der Waals surface area contributed by atoms with Crippen LogP contribution < -0.4 is 4.72 Å². The molecule has 6 heteroatoms. The van der Waals surface area contributed by atoms with E-state index in [-0.39, 0.29) is 5.75 Å². The molecule has 0 saturated heterocycles. The molecule has 0 unspecified atom stereocenters. The molecule has 0 radical (unpaired) electrons. The van der Waals surface area contributed by atoms with Crippen molar-refractivity contribution in [2.24, 2.45) is 0 Å². The molecule has 0 aliphatic rings. The molecular weight excluding hydrogens is 296 g/mol. The van der Waals surface area contributed by atoms with Gasteiger partial charge in [-0.2, -0.15) is 0 Å². The second kappa shape index (κ2) is 5.76. The molecule has 1 aromatic heterocycles. The number of sulfonamides is 1. The van der Waals surface area contributed by atoms with E-state index in [1.807, 2.05) is 26.0 Å². The van der Waals surface area contributed by atoms with E-state index in [0.29, 0.717) is 18.0 Å². The Labute approximate surface area is 124 Å². The first-order valence-corrected chi connectivity index (χ1v) is 8.62. The van der Waals surface area contributed by atoms with E-state index in [9.17, 15) is 8.42 Å². The van der Waals surface area contributed by atoms with Crippen molar-refractivity contribution in [3.05, 3.63) is 34.0 Å². The van der Waals surface area contributed by atoms with Gasteiger partial charge in [0.15, 0.2) is 0 Å². The SMILES string of the molecule is CCS(=O)(=O)NCCc1c(C)[nH]c2c(C)ccc(Cl)c12. The van der Waals surface area contributed by atoms with Crippen LogP contribution in [0.15, 0.2) is 12.1 Å². The summed E-state index contributed by atoms with van der Waals surface area (Å²) in [6, 6.07) is 3.86. The number of fused-ring (bicyclic) bond motifs is 1. The van der Waals surface area contributed by atoms with Gasteiger partial charge in [-0.05, 0) is 44.4 Å². The normalized spacial score (nSPS) is 12.2. The van der Waals surface area contributed by atoms with Gasteiger partial charge in [-0.25, -0.2) is 13.1 Å². The molecule has 0 atom stereocenters. The minimum absolute atomic E-state index is 0.0970. The van der Waals surface area contributed by atoms with Gasteiger partial charge in [-0.1, -0.05) is 17.7 Å². The monoisotopic (exact) mass is 314 g/mol. The number of hydrogen-bond donors (Lipinski definition) is 2. The van der Waals surface area contributed by atoms with Gasteiger partial charge in [0.1, 0.15) is 0 Å². The molecule has 0 spiro atoms. The number of hydrogen-bond acceptors (Lipinski definition) is 2. The van der Waals surface area contributed by atoms with Crippen molar-refractivity contribution in [1.29, 1.82) is 0 Å². The first-order chi connectivity index (χ1) is 9.35. The molecule has 1 aromatic carbocycles. The van der Waals surface area contributed by atoms with Crippen molar-refractivity contribution >= 4 is 32.5 Å². The van der Waals surface area contributed by atoms with Crippen LogP contribution in [0, 0.1) is 13.8 Å². The van der Waals surface area contributed by atoms with Crippen LogP contribution in [0.5, 0.6) is 0 Å². The van der Waals surface area contributed by atoms with Crippen LogP contribution >= 0.6 is 11.6 Å². The van der Waals surface area contributed by atoms with Crippen molar-refractivity contribution in [1.82, 2.24) is 9.71 Å². The average Bonchev–Trinajstić information content (AvgIpc) is 2.73. The number of aromatic nitrogens is 1. The summed E-state index contributed by atoms with van der Waals surface area (Å²) < 4.78 is 25.5. The fraction of sp³-hybridized carbons (Fsp3) is 0.429. The topological polar surface area (TPSA) is 62.0 Å². The molecule has 2 N–H and O–H groups in total. The summed E-state index contributed by atoms with van der Waals surface area (Å²) in [5, 5.41) is 1.70. The van der Waals surface area contributed by atoms with E-state index in [1.165, 1.54) is 0 Å². The summed E-state index contributed by atoms with van der Waals surface area (Å²) in [7, 11) is -3.15. The lowest BCUT2D eigenvalue weighted by Crippen LogP contribution is -2.27. The molecule has 0 saturated carbocycles. The molecular formula is C14H19ClN2O2S. The number of benzene rings is 1. The van der Waals surface area contributed by atoms with Gasteiger partial charge in [-0.3, -0.25) is 0 Å². The minimum Gasteiger partial charge on any atom is -0.358 e. The number of aryl methyl sites for hydroxylation is 2. The Kier molecular flexibility index (Phi) is 4.42. The largest absolute Gasteiger partial charge is 0.358 e. The van der Waals surface area contributed by atoms with Crippen LogP contribution in [0.25, 0.3) is 10.9 Å². The van der Waals surface area contributed by atoms with Crippen molar-refractivity contribution in [3.63, 3.8) is 0 Å². The summed E-state index contributed by atoms with van der Waals surface area (Å²) in [6.07, 6.45) is 0.619. The lowest BCUT2D eigenvalue weighted by molar-refractivity contribution is 0.583. The Morgan fingerprint density at radius 3 is 2.65 bits per heavy atom. The highest BCUT2D eigenvalue weighted by atomic mass is 35.5. The maximum Gasteiger partial charge on any atom is 0.211 e. The minimum atomic E-state index is -3.15. The highest BCUT2D eigenvalue weighted by molar-refractivity contribution is 7.89. The van der Waals surface area contributed by atoms with E-state index in [1.54, 1.807) is 6.92 Å². The molecule has 2 aromatic rings. The molecule has 1 heterocycles. The van der Waals surface area contributed by atoms with E-state index in [2.05, 4.69) is 9.71 Å². The van der Waals surface area contributed by atoms with E-state index < -0.39 is 10.0 Å². The fourth-order valence-corrected chi connectivity index (χ4v) is 3.22. The molecule has 0 aliphatic heterocycles. The number of halogens is 1. The quantitative estimate of drug-likeness (QED) is 0.891. The maximum atomic E-state index is 11.5. The predicted octanol–water partition coefficient (Wildman–Crippen LogP) is 2.92. The Balaban J connectivity index is 2.31. The van der Waals surface area contributed by atoms with Crippen LogP contribution in [0.2, 0.25) is 5.02 Å². The first kappa shape index (κ1) is 15.4. The zero-order chi connectivity index (χ0) is 14.9. The van der Waals surface area contributed by atoms with Gasteiger partial charge >= 0.3 is 0 Å². The van der Waals surface area contributed by atoms with Gasteiger partial charge in [-0.15, -0.1) is 0 Å². The van der Waals surface area contributed by atoms with Gasteiger partial charge < -0.3 is 4.98 Å². The molecule has 0 bridgehead atoms. The predicted molar refractivity (Wildman–Crippen MR) is 84.0 cm³/mol. The lowest BCUT2D eigenvalue weighted by Gasteiger charge is -2.06. The highest BCUT2D eigenvalue weighted by Gasteiger charge is 2.14. The molecule has 2 rings (SSSR count). The number of nitrogens with one attached hydrogen (secondary N) is 2. The summed E-state index contributed by atoms with van der Waals surface area (Å²) in [4.78, 5) is 3.34. The van der Waals surface area contributed by atoms with Gasteiger partial charge in [0.05, 0.1) is 16.3 Å². The Hall–Kier alpha value is -1.04. The van der Waals surface area contributed by atoms with Gasteiger partial charge in [0.2, 0.25) is 10.0 Å². The third-order valence-corrected chi connectivity index (χ3v) is 5.23. The van der Waals surface area contributed by atoms with E-state index in [0.717, 1.165) is 27.7 Å². The number of rotatable bonds is 5. The molecule has 0 amide bonds. The van der Waals surface area contributed by atoms with Crippen molar-refractivity contribution in [2.75, 3.05) is 12.3 Å². The molecule has 20 heavy (non-hydrogen) atoms. The Morgan fingerprint density at radius 1 is 1.30 bits per heavy atom. The average molecular weight is 315 g/mol. The van der Waals surface area contributed by atoms with Crippen molar-refractivity contribution in [3.8, 4) is 0 Å². The van der Waals surface area contributed by atoms with Crippen molar-refractivity contribution in [2.45, 2.75) is 27.2 Å². The maximum absolute atomic E-state index is 11.5. The number of aromatic amines is 1. The van der Waals surface area contributed by atoms with Crippen LogP contribution in [0.4, 0.5) is 0 Å². The molecule has 110 valence electrons. The fourth-order valence-electron chi connectivity index (χ4n) is 2.33. The highest BCUT2D eigenvalue weighted by Crippen LogP contribution is 2.31. The van der Waals surface area contributed by atoms with Crippen LogP contribution in [-0.4, -0.2) is 25.7 Å². The summed E-state index contributed by atoms with van der Waals surface area (Å²) >= 11 is 6.28. The van der Waals surface area contributed by atoms with Crippen LogP contribution in [0.3, 0.4) is 0 Å². The van der Waals surface area contributed by atoms with Crippen LogP contribution in [0.1, 0.15) is 23.7 Å². The third kappa shape index (κ3) is 3.00. The third-order valence-electron chi connectivity index (χ3n) is 3.51. The first-order valence-electron chi connectivity index (χ1n) is 6.59. The number of H-pyrrole nitrogens is 1. The Bertz CT molecular complexity index is 735. The summed E-state index contributed by atoms with van der Waals surface area (Å²) in [5.41, 5.74) is 4.27. The van der Waals surface area contributed by atoms with Crippen LogP contribution in [-0.2, 0) is 16.4 Å². The van der Waals surface area contributed by atoms with Gasteiger partial charge in [0.25, 0.3) is 0 Å². The second-order valence-electron chi connectivity index (χ2n) is 4.89. The summed E-state index contributed by atoms with van der Waals surface area (Å²) in [5.74, 6) is 0.0970. The van der Waals surface area contributed by atoms with E-state index in [4.69, 9.17) is 11.6 Å².